The van der Waals surface area contributed by atoms with Crippen LogP contribution in [-0.4, -0.2) is 22.8 Å². The standard InChI is InChI=1S/C19H19Cl2N3O2/c20-13-6-7-16(15(21)11-13)24-18(25)12-8-9-22-17(10-12)19(26)23-14-4-2-1-3-5-14/h6-11,14H,1-5H2,(H,23,26)(H,24,25). The molecule has 1 heterocycles. The van der Waals surface area contributed by atoms with Crippen LogP contribution in [0.1, 0.15) is 53.0 Å². The van der Waals surface area contributed by atoms with Crippen molar-refractivity contribution < 1.29 is 9.59 Å². The van der Waals surface area contributed by atoms with E-state index < -0.39 is 0 Å². The van der Waals surface area contributed by atoms with Crippen molar-refractivity contribution >= 4 is 40.7 Å². The summed E-state index contributed by atoms with van der Waals surface area (Å²) < 4.78 is 0. The van der Waals surface area contributed by atoms with Crippen molar-refractivity contribution in [1.82, 2.24) is 10.3 Å². The molecule has 1 aromatic carbocycles. The Morgan fingerprint density at radius 3 is 2.50 bits per heavy atom. The molecule has 1 saturated carbocycles. The Morgan fingerprint density at radius 2 is 1.77 bits per heavy atom. The molecule has 26 heavy (non-hydrogen) atoms. The van der Waals surface area contributed by atoms with Crippen molar-refractivity contribution in [3.05, 3.63) is 57.8 Å². The molecule has 3 rings (SSSR count). The van der Waals surface area contributed by atoms with E-state index in [2.05, 4.69) is 15.6 Å². The topological polar surface area (TPSA) is 71.1 Å². The highest BCUT2D eigenvalue weighted by Crippen LogP contribution is 2.26. The van der Waals surface area contributed by atoms with Gasteiger partial charge in [0.05, 0.1) is 10.7 Å². The zero-order valence-electron chi connectivity index (χ0n) is 14.1. The van der Waals surface area contributed by atoms with Crippen LogP contribution >= 0.6 is 23.2 Å². The average molecular weight is 392 g/mol. The average Bonchev–Trinajstić information content (AvgIpc) is 2.65. The van der Waals surface area contributed by atoms with Crippen LogP contribution in [0, 0.1) is 0 Å². The van der Waals surface area contributed by atoms with Crippen LogP contribution in [0.5, 0.6) is 0 Å². The Labute approximate surface area is 162 Å². The van der Waals surface area contributed by atoms with Crippen LogP contribution in [0.25, 0.3) is 0 Å². The van der Waals surface area contributed by atoms with Gasteiger partial charge in [0.25, 0.3) is 11.8 Å². The minimum absolute atomic E-state index is 0.184. The zero-order chi connectivity index (χ0) is 18.5. The predicted molar refractivity (Wildman–Crippen MR) is 103 cm³/mol. The van der Waals surface area contributed by atoms with E-state index in [9.17, 15) is 9.59 Å². The Kier molecular flexibility index (Phi) is 6.12. The number of rotatable bonds is 4. The Bertz CT molecular complexity index is 820. The first-order valence-electron chi connectivity index (χ1n) is 8.56. The zero-order valence-corrected chi connectivity index (χ0v) is 15.6. The molecular weight excluding hydrogens is 373 g/mol. The van der Waals surface area contributed by atoms with Gasteiger partial charge in [-0.25, -0.2) is 0 Å². The lowest BCUT2D eigenvalue weighted by atomic mass is 9.95. The molecule has 0 spiro atoms. The molecule has 0 atom stereocenters. The van der Waals surface area contributed by atoms with Crippen LogP contribution < -0.4 is 10.6 Å². The fourth-order valence-electron chi connectivity index (χ4n) is 2.99. The molecule has 2 N–H and O–H groups in total. The molecule has 1 aliphatic rings. The van der Waals surface area contributed by atoms with E-state index in [1.165, 1.54) is 18.7 Å². The summed E-state index contributed by atoms with van der Waals surface area (Å²) in [6, 6.07) is 8.03. The summed E-state index contributed by atoms with van der Waals surface area (Å²) in [5.41, 5.74) is 1.01. The number of anilines is 1. The van der Waals surface area contributed by atoms with Crippen LogP contribution in [0.2, 0.25) is 10.0 Å². The number of carbonyl (C=O) groups is 2. The van der Waals surface area contributed by atoms with Crippen LogP contribution in [0.3, 0.4) is 0 Å². The van der Waals surface area contributed by atoms with Gasteiger partial charge in [0.1, 0.15) is 5.69 Å². The maximum atomic E-state index is 12.5. The summed E-state index contributed by atoms with van der Waals surface area (Å²) in [4.78, 5) is 28.9. The molecule has 0 unspecified atom stereocenters. The summed E-state index contributed by atoms with van der Waals surface area (Å²) in [5.74, 6) is -0.626. The number of nitrogens with one attached hydrogen (secondary N) is 2. The number of hydrogen-bond donors (Lipinski definition) is 2. The van der Waals surface area contributed by atoms with Crippen molar-refractivity contribution in [2.45, 2.75) is 38.1 Å². The fraction of sp³-hybridized carbons (Fsp3) is 0.316. The molecule has 7 heteroatoms. The molecule has 1 fully saturated rings. The predicted octanol–water partition coefficient (Wildman–Crippen LogP) is 4.70. The van der Waals surface area contributed by atoms with Gasteiger partial charge in [-0.05, 0) is 43.2 Å². The van der Waals surface area contributed by atoms with E-state index >= 15 is 0 Å². The molecule has 0 saturated heterocycles. The largest absolute Gasteiger partial charge is 0.348 e. The van der Waals surface area contributed by atoms with Gasteiger partial charge in [-0.1, -0.05) is 42.5 Å². The van der Waals surface area contributed by atoms with Gasteiger partial charge < -0.3 is 10.6 Å². The number of carbonyl (C=O) groups excluding carboxylic acids is 2. The molecule has 1 aromatic heterocycles. The van der Waals surface area contributed by atoms with E-state index in [0.717, 1.165) is 25.7 Å². The van der Waals surface area contributed by atoms with Gasteiger partial charge in [-0.2, -0.15) is 0 Å². The molecule has 0 radical (unpaired) electrons. The summed E-state index contributed by atoms with van der Waals surface area (Å²) >= 11 is 11.9. The number of pyridine rings is 1. The third-order valence-electron chi connectivity index (χ3n) is 4.37. The lowest BCUT2D eigenvalue weighted by molar-refractivity contribution is 0.0922. The summed E-state index contributed by atoms with van der Waals surface area (Å²) in [7, 11) is 0. The highest BCUT2D eigenvalue weighted by atomic mass is 35.5. The Morgan fingerprint density at radius 1 is 1.00 bits per heavy atom. The molecule has 2 amide bonds. The second kappa shape index (κ2) is 8.52. The number of nitrogens with zero attached hydrogens (tertiary/aromatic N) is 1. The molecule has 2 aromatic rings. The Balaban J connectivity index is 1.69. The quantitative estimate of drug-likeness (QED) is 0.792. The third kappa shape index (κ3) is 4.74. The van der Waals surface area contributed by atoms with Crippen molar-refractivity contribution in [3.63, 3.8) is 0 Å². The van der Waals surface area contributed by atoms with Gasteiger partial charge in [0.2, 0.25) is 0 Å². The maximum Gasteiger partial charge on any atom is 0.270 e. The SMILES string of the molecule is O=C(Nc1ccc(Cl)cc1Cl)c1ccnc(C(=O)NC2CCCCC2)c1. The van der Waals surface area contributed by atoms with Crippen LogP contribution in [-0.2, 0) is 0 Å². The van der Waals surface area contributed by atoms with E-state index in [-0.39, 0.29) is 23.6 Å². The van der Waals surface area contributed by atoms with Gasteiger partial charge in [0, 0.05) is 22.8 Å². The lowest BCUT2D eigenvalue weighted by Crippen LogP contribution is -2.36. The van der Waals surface area contributed by atoms with Gasteiger partial charge in [0.15, 0.2) is 0 Å². The summed E-state index contributed by atoms with van der Waals surface area (Å²) in [6.07, 6.45) is 6.90. The first kappa shape index (κ1) is 18.7. The van der Waals surface area contributed by atoms with E-state index in [1.54, 1.807) is 24.3 Å². The van der Waals surface area contributed by atoms with E-state index in [0.29, 0.717) is 21.3 Å². The van der Waals surface area contributed by atoms with Crippen molar-refractivity contribution in [1.29, 1.82) is 0 Å². The number of benzene rings is 1. The molecule has 5 nitrogen and oxygen atoms in total. The van der Waals surface area contributed by atoms with Gasteiger partial charge in [-0.3, -0.25) is 14.6 Å². The second-order valence-corrected chi connectivity index (χ2v) is 7.16. The fourth-order valence-corrected chi connectivity index (χ4v) is 3.44. The molecule has 0 aliphatic heterocycles. The van der Waals surface area contributed by atoms with Crippen LogP contribution in [0.15, 0.2) is 36.5 Å². The minimum atomic E-state index is -0.372. The van der Waals surface area contributed by atoms with Crippen molar-refractivity contribution in [2.75, 3.05) is 5.32 Å². The smallest absolute Gasteiger partial charge is 0.270 e. The number of amides is 2. The van der Waals surface area contributed by atoms with Gasteiger partial charge in [-0.15, -0.1) is 0 Å². The second-order valence-electron chi connectivity index (χ2n) is 6.32. The Hall–Kier alpha value is -2.11. The molecule has 1 aliphatic carbocycles. The first-order valence-corrected chi connectivity index (χ1v) is 9.32. The third-order valence-corrected chi connectivity index (χ3v) is 4.92. The normalized spacial score (nSPS) is 14.7. The monoisotopic (exact) mass is 391 g/mol. The first-order chi connectivity index (χ1) is 12.5. The number of aromatic nitrogens is 1. The number of hydrogen-bond acceptors (Lipinski definition) is 3. The molecule has 0 bridgehead atoms. The van der Waals surface area contributed by atoms with Gasteiger partial charge >= 0.3 is 0 Å². The molecule has 136 valence electrons. The van der Waals surface area contributed by atoms with Crippen molar-refractivity contribution in [2.24, 2.45) is 0 Å². The van der Waals surface area contributed by atoms with Crippen LogP contribution in [0.4, 0.5) is 5.69 Å². The van der Waals surface area contributed by atoms with E-state index in [4.69, 9.17) is 23.2 Å². The number of halogens is 2. The molecular formula is C19H19Cl2N3O2. The lowest BCUT2D eigenvalue weighted by Gasteiger charge is -2.22. The highest BCUT2D eigenvalue weighted by Gasteiger charge is 2.18. The highest BCUT2D eigenvalue weighted by molar-refractivity contribution is 6.36. The summed E-state index contributed by atoms with van der Waals surface area (Å²) in [6.45, 7) is 0. The maximum absolute atomic E-state index is 12.5. The summed E-state index contributed by atoms with van der Waals surface area (Å²) in [5, 5.41) is 6.54. The van der Waals surface area contributed by atoms with E-state index in [1.807, 2.05) is 0 Å². The van der Waals surface area contributed by atoms with Crippen molar-refractivity contribution in [3.8, 4) is 0 Å². The minimum Gasteiger partial charge on any atom is -0.348 e.